The average Bonchev–Trinajstić information content (AvgIpc) is 2.54. The van der Waals surface area contributed by atoms with Crippen LogP contribution in [0.5, 0.6) is 11.5 Å². The van der Waals surface area contributed by atoms with Crippen LogP contribution in [0.15, 0.2) is 53.6 Å². The van der Waals surface area contributed by atoms with E-state index in [-0.39, 0.29) is 5.96 Å². The predicted molar refractivity (Wildman–Crippen MR) is 85.7 cm³/mol. The minimum absolute atomic E-state index is 0.0367. The number of nitrogens with two attached hydrogens (primary N) is 2. The molecule has 0 atom stereocenters. The molecule has 0 radical (unpaired) electrons. The number of ether oxygens (including phenoxy) is 2. The minimum Gasteiger partial charge on any atom is -0.493 e. The van der Waals surface area contributed by atoms with Crippen molar-refractivity contribution >= 4 is 12.2 Å². The van der Waals surface area contributed by atoms with Crippen LogP contribution in [-0.2, 0) is 6.61 Å². The van der Waals surface area contributed by atoms with Crippen LogP contribution >= 0.6 is 0 Å². The fourth-order valence-electron chi connectivity index (χ4n) is 1.81. The van der Waals surface area contributed by atoms with E-state index in [2.05, 4.69) is 10.2 Å². The lowest BCUT2D eigenvalue weighted by Gasteiger charge is -2.10. The molecule has 114 valence electrons. The van der Waals surface area contributed by atoms with Gasteiger partial charge in [0.05, 0.1) is 7.11 Å². The Kier molecular flexibility index (Phi) is 5.37. The lowest BCUT2D eigenvalue weighted by atomic mass is 10.2. The maximum Gasteiger partial charge on any atom is 0.256 e. The highest BCUT2D eigenvalue weighted by Gasteiger charge is 2.06. The number of benzene rings is 2. The summed E-state index contributed by atoms with van der Waals surface area (Å²) in [6, 6.07) is 15.4. The van der Waals surface area contributed by atoms with E-state index in [1.165, 1.54) is 0 Å². The molecule has 0 amide bonds. The second-order valence-electron chi connectivity index (χ2n) is 4.49. The highest BCUT2D eigenvalue weighted by molar-refractivity contribution is 5.78. The van der Waals surface area contributed by atoms with E-state index in [1.807, 2.05) is 48.5 Å². The Morgan fingerprint density at radius 3 is 2.59 bits per heavy atom. The van der Waals surface area contributed by atoms with Crippen molar-refractivity contribution in [2.75, 3.05) is 7.11 Å². The summed E-state index contributed by atoms with van der Waals surface area (Å²) in [6.45, 7) is 0.460. The van der Waals surface area contributed by atoms with Crippen LogP contribution in [0.1, 0.15) is 11.1 Å². The van der Waals surface area contributed by atoms with Gasteiger partial charge in [-0.3, -0.25) is 0 Å². The first-order chi connectivity index (χ1) is 10.7. The zero-order valence-corrected chi connectivity index (χ0v) is 12.3. The summed E-state index contributed by atoms with van der Waals surface area (Å²) in [7, 11) is 1.60. The smallest absolute Gasteiger partial charge is 0.256 e. The highest BCUT2D eigenvalue weighted by atomic mass is 16.5. The molecule has 0 heterocycles. The molecule has 6 nitrogen and oxygen atoms in total. The number of hydrogen-bond donors (Lipinski definition) is 3. The van der Waals surface area contributed by atoms with E-state index < -0.39 is 0 Å². The van der Waals surface area contributed by atoms with Gasteiger partial charge in [-0.25, -0.2) is 0 Å². The first-order valence-electron chi connectivity index (χ1n) is 6.71. The van der Waals surface area contributed by atoms with E-state index in [9.17, 15) is 0 Å². The average molecular weight is 299 g/mol. The van der Waals surface area contributed by atoms with Gasteiger partial charge >= 0.3 is 0 Å². The molecule has 22 heavy (non-hydrogen) atoms. The molecule has 0 aliphatic carbocycles. The summed E-state index contributed by atoms with van der Waals surface area (Å²) in [6.07, 6.45) is 1.66. The summed E-state index contributed by atoms with van der Waals surface area (Å²) < 4.78 is 11.1. The molecule has 0 saturated heterocycles. The zero-order chi connectivity index (χ0) is 15.8. The summed E-state index contributed by atoms with van der Waals surface area (Å²) in [5, 5.41) is 6.34. The van der Waals surface area contributed by atoms with Crippen LogP contribution in [-0.4, -0.2) is 19.3 Å². The SMILES string of the molecule is COc1ccc(/C=[NH+]\N=C(N)N)cc1OCc1ccccc1. The van der Waals surface area contributed by atoms with Crippen LogP contribution in [0, 0.1) is 0 Å². The van der Waals surface area contributed by atoms with Crippen molar-refractivity contribution in [1.29, 1.82) is 0 Å². The predicted octanol–water partition coefficient (Wildman–Crippen LogP) is -0.0379. The standard InChI is InChI=1S/C16H18N4O2/c1-21-14-8-7-13(10-19-20-16(17)18)9-15(14)22-11-12-5-3-2-4-6-12/h2-10H,11H2,1H3,(H4,17,18,20)/p+1/b19-10-. The number of hydrogen-bond acceptors (Lipinski definition) is 3. The molecule has 0 fully saturated rings. The normalized spacial score (nSPS) is 10.4. The van der Waals surface area contributed by atoms with Gasteiger partial charge in [-0.2, -0.15) is 0 Å². The largest absolute Gasteiger partial charge is 0.493 e. The molecule has 5 N–H and O–H groups in total. The summed E-state index contributed by atoms with van der Waals surface area (Å²) in [5.41, 5.74) is 12.4. The Hall–Kier alpha value is -3.02. The van der Waals surface area contributed by atoms with Gasteiger partial charge in [0.25, 0.3) is 5.96 Å². The quantitative estimate of drug-likeness (QED) is 0.396. The van der Waals surface area contributed by atoms with Crippen molar-refractivity contribution in [3.05, 3.63) is 59.7 Å². The molecule has 0 spiro atoms. The third kappa shape index (κ3) is 4.52. The van der Waals surface area contributed by atoms with Crippen LogP contribution in [0.25, 0.3) is 0 Å². The molecule has 0 saturated carbocycles. The van der Waals surface area contributed by atoms with Gasteiger partial charge < -0.3 is 20.9 Å². The second-order valence-corrected chi connectivity index (χ2v) is 4.49. The molecule has 0 bridgehead atoms. The van der Waals surface area contributed by atoms with Gasteiger partial charge in [-0.1, -0.05) is 30.3 Å². The third-order valence-corrected chi connectivity index (χ3v) is 2.85. The molecular weight excluding hydrogens is 280 g/mol. The molecule has 2 aromatic rings. The first-order valence-corrected chi connectivity index (χ1v) is 6.71. The van der Waals surface area contributed by atoms with Gasteiger partial charge in [0, 0.05) is 10.7 Å². The van der Waals surface area contributed by atoms with Crippen LogP contribution < -0.4 is 26.0 Å². The minimum atomic E-state index is -0.0367. The van der Waals surface area contributed by atoms with Gasteiger partial charge in [-0.05, 0) is 23.8 Å². The van der Waals surface area contributed by atoms with Crippen molar-refractivity contribution < 1.29 is 14.6 Å². The topological polar surface area (TPSA) is 96.8 Å². The Balaban J connectivity index is 2.14. The van der Waals surface area contributed by atoms with E-state index in [0.29, 0.717) is 18.1 Å². The molecular formula is C16H19N4O2+. The Morgan fingerprint density at radius 1 is 1.14 bits per heavy atom. The molecule has 6 heteroatoms. The maximum atomic E-state index is 5.82. The van der Waals surface area contributed by atoms with Gasteiger partial charge in [0.1, 0.15) is 6.61 Å². The zero-order valence-electron chi connectivity index (χ0n) is 12.3. The fourth-order valence-corrected chi connectivity index (χ4v) is 1.81. The fraction of sp³-hybridized carbons (Fsp3) is 0.125. The number of guanidine groups is 1. The number of nitrogens with zero attached hydrogens (tertiary/aromatic N) is 1. The molecule has 2 rings (SSSR count). The van der Waals surface area contributed by atoms with Crippen molar-refractivity contribution in [2.45, 2.75) is 6.61 Å². The lowest BCUT2D eigenvalue weighted by Crippen LogP contribution is -2.63. The number of methoxy groups -OCH3 is 1. The first kappa shape index (κ1) is 15.4. The summed E-state index contributed by atoms with van der Waals surface area (Å²) in [4.78, 5) is 0. The summed E-state index contributed by atoms with van der Waals surface area (Å²) >= 11 is 0. The van der Waals surface area contributed by atoms with E-state index in [4.69, 9.17) is 20.9 Å². The number of hydrazone groups is 1. The van der Waals surface area contributed by atoms with Gasteiger partial charge in [0.15, 0.2) is 11.5 Å². The van der Waals surface area contributed by atoms with Crippen LogP contribution in [0.2, 0.25) is 0 Å². The van der Waals surface area contributed by atoms with Gasteiger partial charge in [-0.15, -0.1) is 5.10 Å². The van der Waals surface area contributed by atoms with Crippen molar-refractivity contribution in [3.8, 4) is 11.5 Å². The lowest BCUT2D eigenvalue weighted by molar-refractivity contribution is -0.456. The number of nitrogens with one attached hydrogen (secondary N) is 1. The molecule has 0 unspecified atom stereocenters. The van der Waals surface area contributed by atoms with Crippen molar-refractivity contribution in [2.24, 2.45) is 16.6 Å². The van der Waals surface area contributed by atoms with Gasteiger partial charge in [0.2, 0.25) is 6.21 Å². The van der Waals surface area contributed by atoms with E-state index in [1.54, 1.807) is 13.3 Å². The summed E-state index contributed by atoms with van der Waals surface area (Å²) in [5.74, 6) is 1.27. The molecule has 0 aliphatic rings. The Morgan fingerprint density at radius 2 is 1.91 bits per heavy atom. The van der Waals surface area contributed by atoms with Crippen LogP contribution in [0.4, 0.5) is 0 Å². The second kappa shape index (κ2) is 7.68. The van der Waals surface area contributed by atoms with Crippen LogP contribution in [0.3, 0.4) is 0 Å². The highest BCUT2D eigenvalue weighted by Crippen LogP contribution is 2.28. The number of rotatable bonds is 6. The van der Waals surface area contributed by atoms with E-state index >= 15 is 0 Å². The molecule has 2 aromatic carbocycles. The molecule has 0 aliphatic heterocycles. The monoisotopic (exact) mass is 299 g/mol. The van der Waals surface area contributed by atoms with Crippen molar-refractivity contribution in [1.82, 2.24) is 0 Å². The third-order valence-electron chi connectivity index (χ3n) is 2.85. The Bertz CT molecular complexity index is 665. The Labute approximate surface area is 129 Å². The maximum absolute atomic E-state index is 5.82. The van der Waals surface area contributed by atoms with E-state index in [0.717, 1.165) is 11.1 Å². The van der Waals surface area contributed by atoms with Crippen molar-refractivity contribution in [3.63, 3.8) is 0 Å². The molecule has 0 aromatic heterocycles.